The molecule has 0 bridgehead atoms. The predicted octanol–water partition coefficient (Wildman–Crippen LogP) is 1.71. The largest absolute Gasteiger partial charge is 0.448 e. The monoisotopic (exact) mass is 244 g/mol. The Balaban J connectivity index is 2.49. The molecule has 0 aliphatic rings. The van der Waals surface area contributed by atoms with Gasteiger partial charge in [0.2, 0.25) is 0 Å². The third-order valence-electron chi connectivity index (χ3n) is 2.22. The van der Waals surface area contributed by atoms with Gasteiger partial charge in [-0.3, -0.25) is 0 Å². The second kappa shape index (κ2) is 6.15. The molecule has 94 valence electrons. The highest BCUT2D eigenvalue weighted by molar-refractivity contribution is 5.64. The minimum Gasteiger partial charge on any atom is -0.448 e. The minimum absolute atomic E-state index is 0.0800. The number of hydrogen-bond acceptors (Lipinski definition) is 3. The zero-order chi connectivity index (χ0) is 12.8. The van der Waals surface area contributed by atoms with Crippen LogP contribution in [0.15, 0.2) is 18.2 Å². The van der Waals surface area contributed by atoms with E-state index in [-0.39, 0.29) is 18.2 Å². The highest BCUT2D eigenvalue weighted by atomic mass is 19.1. The molecule has 0 saturated carbocycles. The van der Waals surface area contributed by atoms with Crippen molar-refractivity contribution in [3.63, 3.8) is 0 Å². The Morgan fingerprint density at radius 2 is 2.24 bits per heavy atom. The highest BCUT2D eigenvalue weighted by Gasteiger charge is 2.11. The van der Waals surface area contributed by atoms with E-state index in [0.29, 0.717) is 6.54 Å². The van der Waals surface area contributed by atoms with Crippen molar-refractivity contribution in [1.29, 1.82) is 0 Å². The van der Waals surface area contributed by atoms with Crippen LogP contribution >= 0.6 is 0 Å². The summed E-state index contributed by atoms with van der Waals surface area (Å²) in [6.45, 7) is 2.07. The first kappa shape index (κ1) is 13.4. The summed E-state index contributed by atoms with van der Waals surface area (Å²) in [4.78, 5) is 10.3. The Morgan fingerprint density at radius 3 is 2.88 bits per heavy atom. The summed E-state index contributed by atoms with van der Waals surface area (Å²) in [5, 5.41) is 2.88. The van der Waals surface area contributed by atoms with E-state index in [4.69, 9.17) is 5.73 Å². The van der Waals surface area contributed by atoms with Gasteiger partial charge in [0.1, 0.15) is 18.2 Å². The third kappa shape index (κ3) is 4.36. The Kier molecular flexibility index (Phi) is 4.84. The predicted molar refractivity (Wildman–Crippen MR) is 58.3 cm³/mol. The number of halogens is 2. The maximum absolute atomic E-state index is 13.3. The normalized spacial score (nSPS) is 12.2. The number of nitrogens with one attached hydrogen (secondary N) is 1. The smallest absolute Gasteiger partial charge is 0.404 e. The molecular weight excluding hydrogens is 230 g/mol. The lowest BCUT2D eigenvalue weighted by molar-refractivity contribution is 0.156. The number of rotatable bonds is 5. The number of primary amides is 1. The first-order valence-electron chi connectivity index (χ1n) is 5.11. The average molecular weight is 244 g/mol. The van der Waals surface area contributed by atoms with Crippen LogP contribution in [0.2, 0.25) is 0 Å². The molecule has 1 atom stereocenters. The molecular formula is C11H14F2N2O2. The SMILES string of the molecule is CC(NCCOC(N)=O)c1cc(F)ccc1F. The van der Waals surface area contributed by atoms with Gasteiger partial charge in [-0.2, -0.15) is 0 Å². The van der Waals surface area contributed by atoms with E-state index in [2.05, 4.69) is 10.1 Å². The molecule has 0 aliphatic heterocycles. The molecule has 6 heteroatoms. The van der Waals surface area contributed by atoms with Crippen LogP contribution < -0.4 is 11.1 Å². The van der Waals surface area contributed by atoms with Crippen LogP contribution in [-0.4, -0.2) is 19.2 Å². The molecule has 1 aromatic rings. The van der Waals surface area contributed by atoms with E-state index in [1.165, 1.54) is 0 Å². The number of nitrogens with two attached hydrogens (primary N) is 1. The molecule has 4 nitrogen and oxygen atoms in total. The van der Waals surface area contributed by atoms with Crippen molar-refractivity contribution >= 4 is 6.09 Å². The average Bonchev–Trinajstić information content (AvgIpc) is 2.27. The van der Waals surface area contributed by atoms with Gasteiger partial charge in [-0.15, -0.1) is 0 Å². The number of hydrogen-bond donors (Lipinski definition) is 2. The summed E-state index contributed by atoms with van der Waals surface area (Å²) in [6.07, 6.45) is -0.864. The molecule has 1 rings (SSSR count). The number of carbonyl (C=O) groups excluding carboxylic acids is 1. The van der Waals surface area contributed by atoms with Gasteiger partial charge < -0.3 is 15.8 Å². The Bertz CT molecular complexity index is 399. The van der Waals surface area contributed by atoms with Crippen molar-refractivity contribution in [3.05, 3.63) is 35.4 Å². The van der Waals surface area contributed by atoms with Gasteiger partial charge in [0, 0.05) is 18.2 Å². The molecule has 1 amide bonds. The second-order valence-electron chi connectivity index (χ2n) is 3.51. The summed E-state index contributed by atoms with van der Waals surface area (Å²) in [7, 11) is 0. The van der Waals surface area contributed by atoms with Crippen molar-refractivity contribution in [2.75, 3.05) is 13.2 Å². The summed E-state index contributed by atoms with van der Waals surface area (Å²) in [6, 6.07) is 2.87. The van der Waals surface area contributed by atoms with Crippen LogP contribution in [0.3, 0.4) is 0 Å². The van der Waals surface area contributed by atoms with E-state index in [1.54, 1.807) is 6.92 Å². The fraction of sp³-hybridized carbons (Fsp3) is 0.364. The van der Waals surface area contributed by atoms with E-state index in [0.717, 1.165) is 18.2 Å². The van der Waals surface area contributed by atoms with E-state index >= 15 is 0 Å². The maximum atomic E-state index is 13.3. The van der Waals surface area contributed by atoms with Crippen molar-refractivity contribution in [2.45, 2.75) is 13.0 Å². The first-order chi connectivity index (χ1) is 8.00. The van der Waals surface area contributed by atoms with Gasteiger partial charge in [0.25, 0.3) is 0 Å². The quantitative estimate of drug-likeness (QED) is 0.775. The van der Waals surface area contributed by atoms with Gasteiger partial charge >= 0.3 is 6.09 Å². The van der Waals surface area contributed by atoms with Crippen molar-refractivity contribution in [1.82, 2.24) is 5.32 Å². The lowest BCUT2D eigenvalue weighted by Crippen LogP contribution is -2.26. The van der Waals surface area contributed by atoms with Gasteiger partial charge in [-0.05, 0) is 25.1 Å². The zero-order valence-electron chi connectivity index (χ0n) is 9.37. The fourth-order valence-corrected chi connectivity index (χ4v) is 1.38. The van der Waals surface area contributed by atoms with Crippen LogP contribution in [-0.2, 0) is 4.74 Å². The maximum Gasteiger partial charge on any atom is 0.404 e. The second-order valence-corrected chi connectivity index (χ2v) is 3.51. The number of amides is 1. The van der Waals surface area contributed by atoms with Crippen LogP contribution in [0.5, 0.6) is 0 Å². The molecule has 17 heavy (non-hydrogen) atoms. The van der Waals surface area contributed by atoms with Crippen LogP contribution in [0, 0.1) is 11.6 Å². The van der Waals surface area contributed by atoms with E-state index in [1.807, 2.05) is 0 Å². The number of ether oxygens (including phenoxy) is 1. The van der Waals surface area contributed by atoms with Crippen molar-refractivity contribution < 1.29 is 18.3 Å². The Hall–Kier alpha value is -1.69. The van der Waals surface area contributed by atoms with Gasteiger partial charge in [-0.25, -0.2) is 13.6 Å². The molecule has 0 aliphatic carbocycles. The standard InChI is InChI=1S/C11H14F2N2O2/c1-7(15-4-5-17-11(14)16)9-6-8(12)2-3-10(9)13/h2-3,6-7,15H,4-5H2,1H3,(H2,14,16). The highest BCUT2D eigenvalue weighted by Crippen LogP contribution is 2.17. The lowest BCUT2D eigenvalue weighted by Gasteiger charge is -2.14. The molecule has 3 N–H and O–H groups in total. The van der Waals surface area contributed by atoms with Crippen LogP contribution in [0.4, 0.5) is 13.6 Å². The molecule has 1 unspecified atom stereocenters. The van der Waals surface area contributed by atoms with Gasteiger partial charge in [0.05, 0.1) is 0 Å². The van der Waals surface area contributed by atoms with Crippen LogP contribution in [0.1, 0.15) is 18.5 Å². The summed E-state index contributed by atoms with van der Waals surface area (Å²) >= 11 is 0. The Labute approximate surface area is 97.8 Å². The molecule has 0 spiro atoms. The number of carbonyl (C=O) groups is 1. The molecule has 1 aromatic carbocycles. The topological polar surface area (TPSA) is 64.3 Å². The minimum atomic E-state index is -0.864. The Morgan fingerprint density at radius 1 is 1.53 bits per heavy atom. The fourth-order valence-electron chi connectivity index (χ4n) is 1.38. The van der Waals surface area contributed by atoms with Crippen molar-refractivity contribution in [3.8, 4) is 0 Å². The van der Waals surface area contributed by atoms with E-state index < -0.39 is 17.7 Å². The van der Waals surface area contributed by atoms with E-state index in [9.17, 15) is 13.6 Å². The summed E-state index contributed by atoms with van der Waals surface area (Å²) < 4.78 is 30.8. The molecule has 0 fully saturated rings. The van der Waals surface area contributed by atoms with Gasteiger partial charge in [0.15, 0.2) is 0 Å². The molecule has 0 heterocycles. The first-order valence-corrected chi connectivity index (χ1v) is 5.11. The molecule has 0 aromatic heterocycles. The van der Waals surface area contributed by atoms with Crippen molar-refractivity contribution in [2.24, 2.45) is 5.73 Å². The van der Waals surface area contributed by atoms with Gasteiger partial charge in [-0.1, -0.05) is 0 Å². The molecule has 0 radical (unpaired) electrons. The lowest BCUT2D eigenvalue weighted by atomic mass is 10.1. The van der Waals surface area contributed by atoms with Crippen LogP contribution in [0.25, 0.3) is 0 Å². The number of benzene rings is 1. The zero-order valence-corrected chi connectivity index (χ0v) is 9.37. The summed E-state index contributed by atoms with van der Waals surface area (Å²) in [5.41, 5.74) is 4.99. The molecule has 0 saturated heterocycles. The third-order valence-corrected chi connectivity index (χ3v) is 2.22. The summed E-state index contributed by atoms with van der Waals surface area (Å²) in [5.74, 6) is -0.981.